The predicted octanol–water partition coefficient (Wildman–Crippen LogP) is 3.83. The molecule has 0 radical (unpaired) electrons. The molecule has 4 saturated carbocycles. The van der Waals surface area contributed by atoms with Gasteiger partial charge in [0.15, 0.2) is 0 Å². The molecule has 4 bridgehead atoms. The zero-order valence-electron chi connectivity index (χ0n) is 16.9. The first-order valence-corrected chi connectivity index (χ1v) is 11.2. The Labute approximate surface area is 167 Å². The minimum Gasteiger partial charge on any atom is -0.342 e. The first-order chi connectivity index (χ1) is 13.5. The molecular weight excluding hydrogens is 348 g/mol. The van der Waals surface area contributed by atoms with E-state index in [0.717, 1.165) is 55.4 Å². The Balaban J connectivity index is 1.22. The van der Waals surface area contributed by atoms with Gasteiger partial charge in [0, 0.05) is 5.54 Å². The molecule has 5 aliphatic rings. The van der Waals surface area contributed by atoms with Crippen LogP contribution in [0.3, 0.4) is 0 Å². The molecule has 2 amide bonds. The van der Waals surface area contributed by atoms with Crippen LogP contribution in [0.1, 0.15) is 81.0 Å². The summed E-state index contributed by atoms with van der Waals surface area (Å²) < 4.78 is 0. The maximum atomic E-state index is 12.7. The fourth-order valence-electron chi connectivity index (χ4n) is 6.93. The van der Waals surface area contributed by atoms with Gasteiger partial charge in [0.2, 0.25) is 0 Å². The van der Waals surface area contributed by atoms with Crippen molar-refractivity contribution in [3.05, 3.63) is 34.9 Å². The van der Waals surface area contributed by atoms with E-state index in [1.54, 1.807) is 0 Å². The first kappa shape index (κ1) is 18.2. The Bertz CT molecular complexity index is 765. The van der Waals surface area contributed by atoms with Gasteiger partial charge in [-0.05, 0) is 106 Å². The molecule has 1 aromatic rings. The number of hydrogen-bond acceptors (Lipinski definition) is 2. The lowest BCUT2D eigenvalue weighted by Gasteiger charge is -2.56. The van der Waals surface area contributed by atoms with E-state index in [4.69, 9.17) is 0 Å². The number of rotatable bonds is 3. The summed E-state index contributed by atoms with van der Waals surface area (Å²) in [6.07, 6.45) is 12.0. The van der Waals surface area contributed by atoms with E-state index in [2.05, 4.69) is 28.8 Å². The maximum absolute atomic E-state index is 12.7. The van der Waals surface area contributed by atoms with Crippen LogP contribution in [0.15, 0.2) is 18.2 Å². The molecule has 0 spiro atoms. The van der Waals surface area contributed by atoms with Crippen molar-refractivity contribution in [3.63, 3.8) is 0 Å². The lowest BCUT2D eigenvalue weighted by molar-refractivity contribution is -0.143. The summed E-state index contributed by atoms with van der Waals surface area (Å²) in [5.74, 6) is 1.34. The largest absolute Gasteiger partial charge is 0.342 e. The number of nitrogens with one attached hydrogen (secondary N) is 2. The van der Waals surface area contributed by atoms with Gasteiger partial charge >= 0.3 is 11.8 Å². The molecule has 4 nitrogen and oxygen atoms in total. The van der Waals surface area contributed by atoms with Crippen molar-refractivity contribution in [2.24, 2.45) is 17.8 Å². The van der Waals surface area contributed by atoms with Crippen LogP contribution in [-0.2, 0) is 22.4 Å². The number of amides is 2. The van der Waals surface area contributed by atoms with E-state index >= 15 is 0 Å². The third-order valence-corrected chi connectivity index (χ3v) is 7.84. The SMILES string of the molecule is CC(NC(=O)C(=O)NC12CC3CC(CC(C3)C1)C2)c1ccc2c(c1)CCCC2. The van der Waals surface area contributed by atoms with E-state index in [-0.39, 0.29) is 11.6 Å². The monoisotopic (exact) mass is 380 g/mol. The zero-order valence-corrected chi connectivity index (χ0v) is 16.9. The quantitative estimate of drug-likeness (QED) is 0.783. The molecule has 1 atom stereocenters. The molecule has 5 aliphatic carbocycles. The van der Waals surface area contributed by atoms with Crippen LogP contribution in [0, 0.1) is 17.8 Å². The second kappa shape index (κ2) is 6.89. The van der Waals surface area contributed by atoms with Gasteiger partial charge in [-0.25, -0.2) is 0 Å². The fourth-order valence-corrected chi connectivity index (χ4v) is 6.93. The minimum absolute atomic E-state index is 0.113. The van der Waals surface area contributed by atoms with Gasteiger partial charge in [0.1, 0.15) is 0 Å². The van der Waals surface area contributed by atoms with Gasteiger partial charge in [-0.2, -0.15) is 0 Å². The van der Waals surface area contributed by atoms with Crippen LogP contribution in [0.5, 0.6) is 0 Å². The topological polar surface area (TPSA) is 58.2 Å². The van der Waals surface area contributed by atoms with Crippen molar-refractivity contribution in [3.8, 4) is 0 Å². The Morgan fingerprint density at radius 3 is 2.18 bits per heavy atom. The minimum atomic E-state index is -0.485. The second-order valence-corrected chi connectivity index (χ2v) is 10.1. The molecule has 28 heavy (non-hydrogen) atoms. The Morgan fingerprint density at radius 1 is 0.929 bits per heavy atom. The number of benzene rings is 1. The van der Waals surface area contributed by atoms with Gasteiger partial charge < -0.3 is 10.6 Å². The lowest BCUT2D eigenvalue weighted by Crippen LogP contribution is -2.61. The van der Waals surface area contributed by atoms with E-state index in [1.165, 1.54) is 43.2 Å². The van der Waals surface area contributed by atoms with Crippen molar-refractivity contribution < 1.29 is 9.59 Å². The third-order valence-electron chi connectivity index (χ3n) is 7.84. The summed E-state index contributed by atoms with van der Waals surface area (Å²) >= 11 is 0. The Hall–Kier alpha value is -1.84. The average Bonchev–Trinajstić information content (AvgIpc) is 2.66. The second-order valence-electron chi connectivity index (χ2n) is 10.1. The number of carbonyl (C=O) groups excluding carboxylic acids is 2. The van der Waals surface area contributed by atoms with E-state index in [0.29, 0.717) is 0 Å². The first-order valence-electron chi connectivity index (χ1n) is 11.2. The molecule has 1 aromatic carbocycles. The van der Waals surface area contributed by atoms with Crippen LogP contribution in [0.25, 0.3) is 0 Å². The van der Waals surface area contributed by atoms with Gasteiger partial charge in [-0.3, -0.25) is 9.59 Å². The van der Waals surface area contributed by atoms with Crippen LogP contribution in [0.4, 0.5) is 0 Å². The van der Waals surface area contributed by atoms with Crippen LogP contribution in [-0.4, -0.2) is 17.4 Å². The smallest absolute Gasteiger partial charge is 0.309 e. The number of carbonyl (C=O) groups is 2. The van der Waals surface area contributed by atoms with Gasteiger partial charge in [-0.15, -0.1) is 0 Å². The maximum Gasteiger partial charge on any atom is 0.309 e. The summed E-state index contributed by atoms with van der Waals surface area (Å²) in [6.45, 7) is 1.97. The third kappa shape index (κ3) is 3.35. The molecule has 6 rings (SSSR count). The molecule has 2 N–H and O–H groups in total. The highest BCUT2D eigenvalue weighted by Crippen LogP contribution is 2.55. The highest BCUT2D eigenvalue weighted by Gasteiger charge is 2.51. The van der Waals surface area contributed by atoms with Crippen molar-refractivity contribution in [2.45, 2.75) is 82.7 Å². The van der Waals surface area contributed by atoms with Gasteiger partial charge in [-0.1, -0.05) is 18.2 Å². The van der Waals surface area contributed by atoms with Crippen LogP contribution < -0.4 is 10.6 Å². The normalized spacial score (nSPS) is 33.8. The lowest BCUT2D eigenvalue weighted by atomic mass is 9.53. The average molecular weight is 381 g/mol. The summed E-state index contributed by atoms with van der Waals surface area (Å²) in [5.41, 5.74) is 3.82. The highest BCUT2D eigenvalue weighted by atomic mass is 16.2. The van der Waals surface area contributed by atoms with Crippen molar-refractivity contribution >= 4 is 11.8 Å². The summed E-state index contributed by atoms with van der Waals surface area (Å²) in [6, 6.07) is 6.37. The Morgan fingerprint density at radius 2 is 1.54 bits per heavy atom. The Kier molecular flexibility index (Phi) is 4.48. The van der Waals surface area contributed by atoms with Gasteiger partial charge in [0.05, 0.1) is 6.04 Å². The summed E-state index contributed by atoms with van der Waals surface area (Å²) in [4.78, 5) is 25.3. The molecule has 0 heterocycles. The van der Waals surface area contributed by atoms with E-state index in [1.807, 2.05) is 6.92 Å². The molecule has 0 saturated heterocycles. The summed E-state index contributed by atoms with van der Waals surface area (Å²) in [7, 11) is 0. The molecule has 0 aromatic heterocycles. The highest BCUT2D eigenvalue weighted by molar-refractivity contribution is 6.35. The van der Waals surface area contributed by atoms with Gasteiger partial charge in [0.25, 0.3) is 0 Å². The van der Waals surface area contributed by atoms with Crippen molar-refractivity contribution in [2.75, 3.05) is 0 Å². The van der Waals surface area contributed by atoms with E-state index in [9.17, 15) is 9.59 Å². The molecule has 1 unspecified atom stereocenters. The molecule has 4 fully saturated rings. The predicted molar refractivity (Wildman–Crippen MR) is 109 cm³/mol. The van der Waals surface area contributed by atoms with Crippen molar-refractivity contribution in [1.29, 1.82) is 0 Å². The molecule has 0 aliphatic heterocycles. The number of aryl methyl sites for hydroxylation is 2. The number of fused-ring (bicyclic) bond motifs is 1. The van der Waals surface area contributed by atoms with Crippen LogP contribution in [0.2, 0.25) is 0 Å². The summed E-state index contributed by atoms with van der Waals surface area (Å²) in [5, 5.41) is 6.11. The molecule has 150 valence electrons. The molecular formula is C24H32N2O2. The standard InChI is InChI=1S/C24H32N2O2/c1-15(20-7-6-19-4-2-3-5-21(19)11-20)25-22(27)23(28)26-24-12-16-8-17(13-24)10-18(9-16)14-24/h6-7,11,15-18H,2-5,8-10,12-14H2,1H3,(H,25,27)(H,26,28). The number of hydrogen-bond donors (Lipinski definition) is 2. The van der Waals surface area contributed by atoms with Crippen molar-refractivity contribution in [1.82, 2.24) is 10.6 Å². The van der Waals surface area contributed by atoms with Crippen LogP contribution >= 0.6 is 0 Å². The van der Waals surface area contributed by atoms with E-state index < -0.39 is 11.8 Å². The molecule has 4 heteroatoms. The zero-order chi connectivity index (χ0) is 19.3. The fraction of sp³-hybridized carbons (Fsp3) is 0.667.